The van der Waals surface area contributed by atoms with Crippen LogP contribution in [0.5, 0.6) is 0 Å². The molecule has 0 spiro atoms. The van der Waals surface area contributed by atoms with E-state index in [4.69, 9.17) is 11.6 Å². The minimum atomic E-state index is -0.316. The molecule has 1 heterocycles. The van der Waals surface area contributed by atoms with Crippen LogP contribution in [0, 0.1) is 0 Å². The first-order valence-electron chi connectivity index (χ1n) is 8.15. The lowest BCUT2D eigenvalue weighted by molar-refractivity contribution is -0.131. The number of halogens is 1. The average Bonchev–Trinajstić information content (AvgIpc) is 2.65. The zero-order valence-corrected chi connectivity index (χ0v) is 15.1. The number of nitrogens with zero attached hydrogens (tertiary/aromatic N) is 3. The highest BCUT2D eigenvalue weighted by Crippen LogP contribution is 2.18. The number of carbonyl (C=O) groups is 1. The molecule has 0 fully saturated rings. The molecule has 1 aromatic heterocycles. The molecular weight excluding hydrogens is 350 g/mol. The quantitative estimate of drug-likeness (QED) is 0.695. The lowest BCUT2D eigenvalue weighted by atomic mass is 10.1. The van der Waals surface area contributed by atoms with E-state index in [-0.39, 0.29) is 18.0 Å². The van der Waals surface area contributed by atoms with Gasteiger partial charge in [-0.05, 0) is 23.8 Å². The maximum Gasteiger partial charge on any atom is 0.267 e. The van der Waals surface area contributed by atoms with Gasteiger partial charge in [0.25, 0.3) is 5.56 Å². The Morgan fingerprint density at radius 1 is 1.04 bits per heavy atom. The fraction of sp³-hybridized carbons (Fsp3) is 0.150. The van der Waals surface area contributed by atoms with Crippen molar-refractivity contribution in [3.05, 3.63) is 87.7 Å². The summed E-state index contributed by atoms with van der Waals surface area (Å²) in [4.78, 5) is 26.1. The number of rotatable bonds is 5. The van der Waals surface area contributed by atoms with E-state index in [1.54, 1.807) is 30.1 Å². The molecule has 2 aromatic carbocycles. The van der Waals surface area contributed by atoms with E-state index in [0.29, 0.717) is 17.3 Å². The van der Waals surface area contributed by atoms with Crippen LogP contribution in [0.2, 0.25) is 5.02 Å². The van der Waals surface area contributed by atoms with E-state index in [1.807, 2.05) is 42.5 Å². The van der Waals surface area contributed by atoms with Gasteiger partial charge in [-0.15, -0.1) is 0 Å². The molecule has 0 atom stereocenters. The second-order valence-electron chi connectivity index (χ2n) is 5.96. The van der Waals surface area contributed by atoms with Crippen molar-refractivity contribution in [1.29, 1.82) is 0 Å². The lowest BCUT2D eigenvalue weighted by Gasteiger charge is -2.17. The van der Waals surface area contributed by atoms with Gasteiger partial charge in [-0.25, -0.2) is 4.68 Å². The van der Waals surface area contributed by atoms with Gasteiger partial charge >= 0.3 is 0 Å². The predicted octanol–water partition coefficient (Wildman–Crippen LogP) is 3.22. The molecule has 0 aliphatic carbocycles. The summed E-state index contributed by atoms with van der Waals surface area (Å²) < 4.78 is 1.19. The third-order valence-corrected chi connectivity index (χ3v) is 4.23. The Morgan fingerprint density at radius 2 is 1.73 bits per heavy atom. The second-order valence-corrected chi connectivity index (χ2v) is 6.39. The summed E-state index contributed by atoms with van der Waals surface area (Å²) in [6.07, 6.45) is 0. The van der Waals surface area contributed by atoms with Gasteiger partial charge in [-0.1, -0.05) is 54.1 Å². The van der Waals surface area contributed by atoms with Gasteiger partial charge in [0.1, 0.15) is 6.54 Å². The Bertz CT molecular complexity index is 953. The van der Waals surface area contributed by atoms with Gasteiger partial charge in [0.2, 0.25) is 5.91 Å². The van der Waals surface area contributed by atoms with Gasteiger partial charge in [0, 0.05) is 30.2 Å². The molecular formula is C20H18ClN3O2. The van der Waals surface area contributed by atoms with Gasteiger partial charge in [-0.2, -0.15) is 5.10 Å². The molecule has 0 aliphatic heterocycles. The van der Waals surface area contributed by atoms with Crippen molar-refractivity contribution < 1.29 is 4.79 Å². The van der Waals surface area contributed by atoms with Crippen LogP contribution >= 0.6 is 11.6 Å². The number of aromatic nitrogens is 2. The molecule has 0 saturated heterocycles. The normalized spacial score (nSPS) is 10.5. The summed E-state index contributed by atoms with van der Waals surface area (Å²) in [6.45, 7) is 0.370. The third-order valence-electron chi connectivity index (χ3n) is 3.98. The average molecular weight is 368 g/mol. The summed E-state index contributed by atoms with van der Waals surface area (Å²) >= 11 is 5.90. The Kier molecular flexibility index (Phi) is 5.49. The summed E-state index contributed by atoms with van der Waals surface area (Å²) in [5.41, 5.74) is 2.15. The Balaban J connectivity index is 1.76. The van der Waals surface area contributed by atoms with Crippen molar-refractivity contribution in [2.75, 3.05) is 7.05 Å². The minimum absolute atomic E-state index is 0.108. The summed E-state index contributed by atoms with van der Waals surface area (Å²) in [6, 6.07) is 19.9. The summed E-state index contributed by atoms with van der Waals surface area (Å²) in [5.74, 6) is -0.184. The molecule has 0 radical (unpaired) electrons. The second kappa shape index (κ2) is 7.97. The number of carbonyl (C=O) groups excluding carboxylic acids is 1. The van der Waals surface area contributed by atoms with Crippen molar-refractivity contribution in [1.82, 2.24) is 14.7 Å². The molecule has 0 saturated carbocycles. The van der Waals surface area contributed by atoms with Crippen LogP contribution < -0.4 is 5.56 Å². The molecule has 3 aromatic rings. The number of amides is 1. The maximum atomic E-state index is 12.5. The van der Waals surface area contributed by atoms with E-state index in [0.717, 1.165) is 11.1 Å². The first-order chi connectivity index (χ1) is 12.5. The van der Waals surface area contributed by atoms with Gasteiger partial charge in [0.15, 0.2) is 0 Å². The van der Waals surface area contributed by atoms with Crippen LogP contribution in [0.4, 0.5) is 0 Å². The molecule has 3 rings (SSSR count). The summed E-state index contributed by atoms with van der Waals surface area (Å²) in [7, 11) is 1.71. The van der Waals surface area contributed by atoms with E-state index in [9.17, 15) is 9.59 Å². The Hall–Kier alpha value is -2.92. The van der Waals surface area contributed by atoms with Crippen LogP contribution in [0.1, 0.15) is 5.56 Å². The Labute approximate surface area is 156 Å². The highest BCUT2D eigenvalue weighted by atomic mass is 35.5. The number of hydrogen-bond donors (Lipinski definition) is 0. The molecule has 5 nitrogen and oxygen atoms in total. The smallest absolute Gasteiger partial charge is 0.267 e. The first kappa shape index (κ1) is 17.9. The maximum absolute atomic E-state index is 12.5. The standard InChI is InChI=1S/C20H18ClN3O2/c1-23(13-15-5-3-2-4-6-15)20(26)14-24-19(25)12-11-18(22-24)16-7-9-17(21)10-8-16/h2-12H,13-14H2,1H3. The molecule has 0 unspecified atom stereocenters. The van der Waals surface area contributed by atoms with Crippen LogP contribution in [0.25, 0.3) is 11.3 Å². The zero-order valence-electron chi connectivity index (χ0n) is 14.3. The molecule has 0 bridgehead atoms. The lowest BCUT2D eigenvalue weighted by Crippen LogP contribution is -2.34. The molecule has 0 aliphatic rings. The van der Waals surface area contributed by atoms with Crippen molar-refractivity contribution in [3.8, 4) is 11.3 Å². The molecule has 132 valence electrons. The minimum Gasteiger partial charge on any atom is -0.340 e. The van der Waals surface area contributed by atoms with Crippen LogP contribution in [-0.2, 0) is 17.9 Å². The van der Waals surface area contributed by atoms with Crippen molar-refractivity contribution in [2.45, 2.75) is 13.1 Å². The van der Waals surface area contributed by atoms with Crippen LogP contribution in [-0.4, -0.2) is 27.6 Å². The SMILES string of the molecule is CN(Cc1ccccc1)C(=O)Cn1nc(-c2ccc(Cl)cc2)ccc1=O. The molecule has 0 N–H and O–H groups in total. The highest BCUT2D eigenvalue weighted by molar-refractivity contribution is 6.30. The zero-order chi connectivity index (χ0) is 18.5. The van der Waals surface area contributed by atoms with Crippen molar-refractivity contribution in [3.63, 3.8) is 0 Å². The fourth-order valence-electron chi connectivity index (χ4n) is 2.53. The van der Waals surface area contributed by atoms with Crippen LogP contribution in [0.15, 0.2) is 71.5 Å². The topological polar surface area (TPSA) is 55.2 Å². The van der Waals surface area contributed by atoms with Crippen LogP contribution in [0.3, 0.4) is 0 Å². The first-order valence-corrected chi connectivity index (χ1v) is 8.53. The Morgan fingerprint density at radius 3 is 2.42 bits per heavy atom. The monoisotopic (exact) mass is 367 g/mol. The molecule has 1 amide bonds. The summed E-state index contributed by atoms with van der Waals surface area (Å²) in [5, 5.41) is 4.94. The van der Waals surface area contributed by atoms with E-state index < -0.39 is 0 Å². The number of hydrogen-bond acceptors (Lipinski definition) is 3. The number of likely N-dealkylation sites (N-methyl/N-ethyl adjacent to an activating group) is 1. The highest BCUT2D eigenvalue weighted by Gasteiger charge is 2.12. The fourth-order valence-corrected chi connectivity index (χ4v) is 2.66. The van der Waals surface area contributed by atoms with E-state index in [2.05, 4.69) is 5.10 Å². The molecule has 6 heteroatoms. The van der Waals surface area contributed by atoms with Gasteiger partial charge < -0.3 is 4.90 Å². The van der Waals surface area contributed by atoms with Gasteiger partial charge in [0.05, 0.1) is 5.69 Å². The van der Waals surface area contributed by atoms with Crippen molar-refractivity contribution in [2.24, 2.45) is 0 Å². The predicted molar refractivity (Wildman–Crippen MR) is 102 cm³/mol. The number of benzene rings is 2. The third kappa shape index (κ3) is 4.37. The largest absolute Gasteiger partial charge is 0.340 e. The molecule has 26 heavy (non-hydrogen) atoms. The van der Waals surface area contributed by atoms with Crippen molar-refractivity contribution >= 4 is 17.5 Å². The van der Waals surface area contributed by atoms with Gasteiger partial charge in [-0.3, -0.25) is 9.59 Å². The van der Waals surface area contributed by atoms with E-state index in [1.165, 1.54) is 10.7 Å². The van der Waals surface area contributed by atoms with E-state index >= 15 is 0 Å².